The number of rotatable bonds is 3. The van der Waals surface area contributed by atoms with E-state index >= 15 is 0 Å². The highest BCUT2D eigenvalue weighted by Gasteiger charge is 2.34. The van der Waals surface area contributed by atoms with Crippen LogP contribution >= 0.6 is 0 Å². The minimum Gasteiger partial charge on any atom is -0.445 e. The summed E-state index contributed by atoms with van der Waals surface area (Å²) >= 11 is 0. The predicted molar refractivity (Wildman–Crippen MR) is 67.9 cm³/mol. The highest BCUT2D eigenvalue weighted by atomic mass is 16.6. The van der Waals surface area contributed by atoms with E-state index in [-0.39, 0.29) is 12.6 Å². The summed E-state index contributed by atoms with van der Waals surface area (Å²) in [5.74, 6) is 0. The minimum absolute atomic E-state index is 0.246. The Labute approximate surface area is 106 Å². The molecule has 1 aliphatic heterocycles. The largest absolute Gasteiger partial charge is 0.445 e. The van der Waals surface area contributed by atoms with E-state index in [0.717, 1.165) is 5.56 Å². The number of likely N-dealkylation sites (tertiary alicyclic amines) is 1. The number of nitrogens with zero attached hydrogens (tertiary/aromatic N) is 1. The summed E-state index contributed by atoms with van der Waals surface area (Å²) in [5.41, 5.74) is 0.945. The van der Waals surface area contributed by atoms with Gasteiger partial charge in [-0.3, -0.25) is 4.90 Å². The molecule has 0 saturated carbocycles. The number of benzene rings is 1. The van der Waals surface area contributed by atoms with Gasteiger partial charge in [-0.05, 0) is 12.0 Å². The molecule has 1 N–H and O–H groups in total. The third-order valence-electron chi connectivity index (χ3n) is 3.10. The zero-order valence-electron chi connectivity index (χ0n) is 10.2. The molecule has 0 radical (unpaired) electrons. The van der Waals surface area contributed by atoms with Crippen molar-refractivity contribution in [1.82, 2.24) is 4.90 Å². The van der Waals surface area contributed by atoms with E-state index in [1.165, 1.54) is 4.90 Å². The van der Waals surface area contributed by atoms with Crippen LogP contribution in [0.25, 0.3) is 0 Å². The van der Waals surface area contributed by atoms with Crippen LogP contribution in [-0.2, 0) is 11.3 Å². The van der Waals surface area contributed by atoms with E-state index in [4.69, 9.17) is 4.74 Å². The average Bonchev–Trinajstić information content (AvgIpc) is 2.78. The SMILES string of the molecule is C=C[C@H]1[C@@H](O)CCN1C(=O)OCc1ccccc1. The molecule has 0 spiro atoms. The molecule has 0 aromatic heterocycles. The summed E-state index contributed by atoms with van der Waals surface area (Å²) in [5, 5.41) is 9.67. The van der Waals surface area contributed by atoms with Crippen LogP contribution in [0.4, 0.5) is 4.79 Å². The monoisotopic (exact) mass is 247 g/mol. The average molecular weight is 247 g/mol. The molecule has 1 heterocycles. The molecule has 0 aliphatic carbocycles. The molecule has 1 fully saturated rings. The first-order chi connectivity index (χ1) is 8.72. The molecular formula is C14H17NO3. The summed E-state index contributed by atoms with van der Waals surface area (Å²) in [6.07, 6.45) is 1.21. The first kappa shape index (κ1) is 12.6. The van der Waals surface area contributed by atoms with Crippen molar-refractivity contribution in [1.29, 1.82) is 0 Å². The van der Waals surface area contributed by atoms with Crippen molar-refractivity contribution in [2.24, 2.45) is 0 Å². The van der Waals surface area contributed by atoms with Crippen molar-refractivity contribution in [2.45, 2.75) is 25.2 Å². The third kappa shape index (κ3) is 2.71. The molecule has 18 heavy (non-hydrogen) atoms. The summed E-state index contributed by atoms with van der Waals surface area (Å²) in [6.45, 7) is 4.39. The fraction of sp³-hybridized carbons (Fsp3) is 0.357. The van der Waals surface area contributed by atoms with Crippen LogP contribution in [0.5, 0.6) is 0 Å². The molecule has 1 saturated heterocycles. The maximum absolute atomic E-state index is 11.9. The van der Waals surface area contributed by atoms with Crippen LogP contribution in [-0.4, -0.2) is 34.8 Å². The van der Waals surface area contributed by atoms with Crippen molar-refractivity contribution in [3.8, 4) is 0 Å². The number of hydrogen-bond donors (Lipinski definition) is 1. The summed E-state index contributed by atoms with van der Waals surface area (Å²) in [6, 6.07) is 9.17. The Morgan fingerprint density at radius 2 is 2.22 bits per heavy atom. The van der Waals surface area contributed by atoms with Gasteiger partial charge in [-0.15, -0.1) is 6.58 Å². The second-order valence-electron chi connectivity index (χ2n) is 4.32. The Hall–Kier alpha value is -1.81. The lowest BCUT2D eigenvalue weighted by molar-refractivity contribution is 0.0835. The van der Waals surface area contributed by atoms with Crippen LogP contribution in [0.2, 0.25) is 0 Å². The summed E-state index contributed by atoms with van der Waals surface area (Å²) < 4.78 is 5.22. The van der Waals surface area contributed by atoms with Gasteiger partial charge in [0.2, 0.25) is 0 Å². The molecule has 1 aliphatic rings. The number of carbonyl (C=O) groups is 1. The quantitative estimate of drug-likeness (QED) is 0.830. The lowest BCUT2D eigenvalue weighted by atomic mass is 10.2. The Morgan fingerprint density at radius 1 is 1.50 bits per heavy atom. The van der Waals surface area contributed by atoms with Crippen molar-refractivity contribution in [3.05, 3.63) is 48.6 Å². The second kappa shape index (κ2) is 5.69. The number of aliphatic hydroxyl groups excluding tert-OH is 1. The zero-order chi connectivity index (χ0) is 13.0. The number of ether oxygens (including phenoxy) is 1. The fourth-order valence-corrected chi connectivity index (χ4v) is 2.10. The van der Waals surface area contributed by atoms with Gasteiger partial charge in [0, 0.05) is 6.54 Å². The third-order valence-corrected chi connectivity index (χ3v) is 3.10. The lowest BCUT2D eigenvalue weighted by Crippen LogP contribution is -2.38. The van der Waals surface area contributed by atoms with Gasteiger partial charge in [0.15, 0.2) is 0 Å². The lowest BCUT2D eigenvalue weighted by Gasteiger charge is -2.22. The van der Waals surface area contributed by atoms with Crippen LogP contribution in [0.15, 0.2) is 43.0 Å². The standard InChI is InChI=1S/C14H17NO3/c1-2-12-13(16)8-9-15(12)14(17)18-10-11-6-4-3-5-7-11/h2-7,12-13,16H,1,8-10H2/t12-,13-/m0/s1. The highest BCUT2D eigenvalue weighted by molar-refractivity contribution is 5.69. The van der Waals surface area contributed by atoms with Gasteiger partial charge >= 0.3 is 6.09 Å². The van der Waals surface area contributed by atoms with Crippen molar-refractivity contribution in [2.75, 3.05) is 6.54 Å². The van der Waals surface area contributed by atoms with Crippen LogP contribution in [0.1, 0.15) is 12.0 Å². The Balaban J connectivity index is 1.90. The maximum Gasteiger partial charge on any atom is 0.410 e. The number of amides is 1. The van der Waals surface area contributed by atoms with Gasteiger partial charge in [-0.25, -0.2) is 4.79 Å². The summed E-state index contributed by atoms with van der Waals surface area (Å²) in [7, 11) is 0. The van der Waals surface area contributed by atoms with E-state index in [0.29, 0.717) is 13.0 Å². The van der Waals surface area contributed by atoms with Crippen LogP contribution < -0.4 is 0 Å². The zero-order valence-corrected chi connectivity index (χ0v) is 10.2. The van der Waals surface area contributed by atoms with Crippen molar-refractivity contribution in [3.63, 3.8) is 0 Å². The summed E-state index contributed by atoms with van der Waals surface area (Å²) in [4.78, 5) is 13.4. The molecule has 1 aromatic carbocycles. The number of aliphatic hydroxyl groups is 1. The first-order valence-electron chi connectivity index (χ1n) is 6.00. The van der Waals surface area contributed by atoms with E-state index in [9.17, 15) is 9.90 Å². The molecular weight excluding hydrogens is 230 g/mol. The van der Waals surface area contributed by atoms with Gasteiger partial charge in [-0.2, -0.15) is 0 Å². The second-order valence-corrected chi connectivity index (χ2v) is 4.32. The fourth-order valence-electron chi connectivity index (χ4n) is 2.10. The molecule has 2 atom stereocenters. The molecule has 0 bridgehead atoms. The van der Waals surface area contributed by atoms with Gasteiger partial charge in [0.25, 0.3) is 0 Å². The Bertz CT molecular complexity index is 418. The molecule has 4 nitrogen and oxygen atoms in total. The maximum atomic E-state index is 11.9. The normalized spacial score (nSPS) is 22.8. The molecule has 1 amide bonds. The number of hydrogen-bond acceptors (Lipinski definition) is 3. The van der Waals surface area contributed by atoms with Gasteiger partial charge in [0.1, 0.15) is 6.61 Å². The highest BCUT2D eigenvalue weighted by Crippen LogP contribution is 2.20. The van der Waals surface area contributed by atoms with Gasteiger partial charge in [-0.1, -0.05) is 36.4 Å². The predicted octanol–water partition coefficient (Wildman–Crippen LogP) is 1.94. The van der Waals surface area contributed by atoms with Crippen LogP contribution in [0.3, 0.4) is 0 Å². The van der Waals surface area contributed by atoms with Gasteiger partial charge in [0.05, 0.1) is 12.1 Å². The smallest absolute Gasteiger partial charge is 0.410 e. The van der Waals surface area contributed by atoms with E-state index < -0.39 is 12.2 Å². The molecule has 1 aromatic rings. The van der Waals surface area contributed by atoms with Gasteiger partial charge < -0.3 is 9.84 Å². The van der Waals surface area contributed by atoms with Crippen molar-refractivity contribution >= 4 is 6.09 Å². The van der Waals surface area contributed by atoms with E-state index in [1.807, 2.05) is 30.3 Å². The van der Waals surface area contributed by atoms with Crippen LogP contribution in [0, 0.1) is 0 Å². The van der Waals surface area contributed by atoms with E-state index in [2.05, 4.69) is 6.58 Å². The topological polar surface area (TPSA) is 49.8 Å². The number of carbonyl (C=O) groups excluding carboxylic acids is 1. The Kier molecular flexibility index (Phi) is 3.99. The molecule has 2 rings (SSSR count). The molecule has 0 unspecified atom stereocenters. The molecule has 96 valence electrons. The van der Waals surface area contributed by atoms with Crippen molar-refractivity contribution < 1.29 is 14.6 Å². The first-order valence-corrected chi connectivity index (χ1v) is 6.00. The molecule has 4 heteroatoms. The minimum atomic E-state index is -0.535. The Morgan fingerprint density at radius 3 is 2.89 bits per heavy atom. The van der Waals surface area contributed by atoms with E-state index in [1.54, 1.807) is 6.08 Å².